The van der Waals surface area contributed by atoms with Crippen LogP contribution in [0.5, 0.6) is 0 Å². The number of nitrogens with one attached hydrogen (secondary N) is 1. The van der Waals surface area contributed by atoms with Crippen molar-refractivity contribution in [1.29, 1.82) is 0 Å². The van der Waals surface area contributed by atoms with E-state index in [0.717, 1.165) is 29.9 Å². The summed E-state index contributed by atoms with van der Waals surface area (Å²) < 4.78 is 0. The lowest BCUT2D eigenvalue weighted by Crippen LogP contribution is -2.47. The van der Waals surface area contributed by atoms with E-state index in [2.05, 4.69) is 5.32 Å². The summed E-state index contributed by atoms with van der Waals surface area (Å²) in [7, 11) is 0. The predicted octanol–water partition coefficient (Wildman–Crippen LogP) is 4.02. The zero-order valence-electron chi connectivity index (χ0n) is 12.7. The maximum absolute atomic E-state index is 12.1. The summed E-state index contributed by atoms with van der Waals surface area (Å²) >= 11 is 0. The van der Waals surface area contributed by atoms with Gasteiger partial charge in [0, 0.05) is 12.1 Å². The SMILES string of the molecule is O=C(NCCC12CC3CC(CC(C3)C1)C2)c1ccccc1. The van der Waals surface area contributed by atoms with Gasteiger partial charge >= 0.3 is 0 Å². The molecule has 4 aliphatic rings. The lowest BCUT2D eigenvalue weighted by Gasteiger charge is -2.57. The maximum atomic E-state index is 12.1. The van der Waals surface area contributed by atoms with Crippen LogP contribution in [0.15, 0.2) is 30.3 Å². The van der Waals surface area contributed by atoms with Gasteiger partial charge in [-0.2, -0.15) is 0 Å². The molecule has 0 atom stereocenters. The largest absolute Gasteiger partial charge is 0.352 e. The highest BCUT2D eigenvalue weighted by atomic mass is 16.1. The van der Waals surface area contributed by atoms with Gasteiger partial charge in [-0.25, -0.2) is 0 Å². The van der Waals surface area contributed by atoms with Gasteiger partial charge in [-0.05, 0) is 80.2 Å². The molecule has 1 N–H and O–H groups in total. The quantitative estimate of drug-likeness (QED) is 0.888. The van der Waals surface area contributed by atoms with E-state index in [4.69, 9.17) is 0 Å². The Labute approximate surface area is 127 Å². The molecule has 0 unspecified atom stereocenters. The lowest BCUT2D eigenvalue weighted by atomic mass is 9.49. The highest BCUT2D eigenvalue weighted by molar-refractivity contribution is 5.94. The van der Waals surface area contributed by atoms with Crippen LogP contribution in [0.1, 0.15) is 55.3 Å². The smallest absolute Gasteiger partial charge is 0.251 e. The van der Waals surface area contributed by atoms with Gasteiger partial charge in [0.05, 0.1) is 0 Å². The van der Waals surface area contributed by atoms with Crippen LogP contribution in [0.4, 0.5) is 0 Å². The molecule has 4 bridgehead atoms. The van der Waals surface area contributed by atoms with Gasteiger partial charge < -0.3 is 5.32 Å². The Kier molecular flexibility index (Phi) is 3.28. The van der Waals surface area contributed by atoms with E-state index in [1.54, 1.807) is 0 Å². The number of benzene rings is 1. The van der Waals surface area contributed by atoms with E-state index in [9.17, 15) is 4.79 Å². The van der Waals surface area contributed by atoms with Crippen LogP contribution in [0, 0.1) is 23.2 Å². The van der Waals surface area contributed by atoms with Crippen LogP contribution in [-0.2, 0) is 0 Å². The fourth-order valence-electron chi connectivity index (χ4n) is 5.73. The third-order valence-corrected chi connectivity index (χ3v) is 6.14. The zero-order chi connectivity index (χ0) is 14.3. The Morgan fingerprint density at radius 2 is 1.57 bits per heavy atom. The molecule has 4 saturated carbocycles. The summed E-state index contributed by atoms with van der Waals surface area (Å²) in [6.07, 6.45) is 9.97. The summed E-state index contributed by atoms with van der Waals surface area (Å²) in [5.74, 6) is 3.09. The zero-order valence-corrected chi connectivity index (χ0v) is 12.7. The highest BCUT2D eigenvalue weighted by Crippen LogP contribution is 2.61. The monoisotopic (exact) mass is 283 g/mol. The molecule has 4 aliphatic carbocycles. The molecule has 0 aromatic heterocycles. The molecule has 0 radical (unpaired) electrons. The van der Waals surface area contributed by atoms with Crippen molar-refractivity contribution in [2.24, 2.45) is 23.2 Å². The summed E-state index contributed by atoms with van der Waals surface area (Å²) in [4.78, 5) is 12.1. The van der Waals surface area contributed by atoms with Crippen LogP contribution in [-0.4, -0.2) is 12.5 Å². The number of hydrogen-bond acceptors (Lipinski definition) is 1. The van der Waals surface area contributed by atoms with E-state index in [0.29, 0.717) is 5.41 Å². The van der Waals surface area contributed by atoms with E-state index in [1.807, 2.05) is 30.3 Å². The topological polar surface area (TPSA) is 29.1 Å². The fraction of sp³-hybridized carbons (Fsp3) is 0.632. The number of hydrogen-bond donors (Lipinski definition) is 1. The predicted molar refractivity (Wildman–Crippen MR) is 84.0 cm³/mol. The number of carbonyl (C=O) groups is 1. The van der Waals surface area contributed by atoms with Crippen molar-refractivity contribution in [3.05, 3.63) is 35.9 Å². The van der Waals surface area contributed by atoms with Gasteiger partial charge in [0.2, 0.25) is 0 Å². The fourth-order valence-corrected chi connectivity index (χ4v) is 5.73. The van der Waals surface area contributed by atoms with Crippen molar-refractivity contribution in [2.45, 2.75) is 44.9 Å². The highest BCUT2D eigenvalue weighted by Gasteiger charge is 2.50. The van der Waals surface area contributed by atoms with Gasteiger partial charge in [-0.15, -0.1) is 0 Å². The molecule has 21 heavy (non-hydrogen) atoms. The first-order valence-electron chi connectivity index (χ1n) is 8.56. The maximum Gasteiger partial charge on any atom is 0.251 e. The molecule has 2 nitrogen and oxygen atoms in total. The molecule has 112 valence electrons. The first kappa shape index (κ1) is 13.4. The second-order valence-corrected chi connectivity index (χ2v) is 7.79. The van der Waals surface area contributed by atoms with Crippen molar-refractivity contribution in [2.75, 3.05) is 6.54 Å². The molecule has 0 spiro atoms. The molecular weight excluding hydrogens is 258 g/mol. The second kappa shape index (κ2) is 5.15. The van der Waals surface area contributed by atoms with Gasteiger partial charge in [-0.3, -0.25) is 4.79 Å². The Morgan fingerprint density at radius 3 is 2.14 bits per heavy atom. The first-order valence-corrected chi connectivity index (χ1v) is 8.56. The number of carbonyl (C=O) groups excluding carboxylic acids is 1. The molecule has 0 aliphatic heterocycles. The molecule has 5 rings (SSSR count). The standard InChI is InChI=1S/C19H25NO/c21-18(17-4-2-1-3-5-17)20-7-6-19-11-14-8-15(12-19)10-16(9-14)13-19/h1-5,14-16H,6-13H2,(H,20,21). The minimum atomic E-state index is 0.0836. The average Bonchev–Trinajstić information content (AvgIpc) is 2.46. The van der Waals surface area contributed by atoms with E-state index < -0.39 is 0 Å². The molecular formula is C19H25NO. The Hall–Kier alpha value is -1.31. The van der Waals surface area contributed by atoms with Crippen molar-refractivity contribution in [3.63, 3.8) is 0 Å². The second-order valence-electron chi connectivity index (χ2n) is 7.79. The Balaban J connectivity index is 1.34. The number of amides is 1. The minimum Gasteiger partial charge on any atom is -0.352 e. The van der Waals surface area contributed by atoms with E-state index in [1.165, 1.54) is 44.9 Å². The number of rotatable bonds is 4. The summed E-state index contributed by atoms with van der Waals surface area (Å²) in [6.45, 7) is 0.847. The van der Waals surface area contributed by atoms with Crippen LogP contribution in [0.3, 0.4) is 0 Å². The van der Waals surface area contributed by atoms with Gasteiger partial charge in [0.15, 0.2) is 0 Å². The molecule has 4 fully saturated rings. The van der Waals surface area contributed by atoms with Crippen LogP contribution >= 0.6 is 0 Å². The minimum absolute atomic E-state index is 0.0836. The van der Waals surface area contributed by atoms with Crippen LogP contribution < -0.4 is 5.32 Å². The Morgan fingerprint density at radius 1 is 1.00 bits per heavy atom. The van der Waals surface area contributed by atoms with Gasteiger partial charge in [0.25, 0.3) is 5.91 Å². The van der Waals surface area contributed by atoms with Crippen LogP contribution in [0.2, 0.25) is 0 Å². The van der Waals surface area contributed by atoms with Crippen molar-refractivity contribution >= 4 is 5.91 Å². The summed E-state index contributed by atoms with van der Waals surface area (Å²) in [5, 5.41) is 3.13. The molecule has 2 heteroatoms. The molecule has 0 heterocycles. The summed E-state index contributed by atoms with van der Waals surface area (Å²) in [5.41, 5.74) is 1.35. The molecule has 1 amide bonds. The van der Waals surface area contributed by atoms with E-state index >= 15 is 0 Å². The van der Waals surface area contributed by atoms with Crippen molar-refractivity contribution in [3.8, 4) is 0 Å². The lowest BCUT2D eigenvalue weighted by molar-refractivity contribution is -0.0564. The molecule has 0 saturated heterocycles. The van der Waals surface area contributed by atoms with Gasteiger partial charge in [0.1, 0.15) is 0 Å². The van der Waals surface area contributed by atoms with Gasteiger partial charge in [-0.1, -0.05) is 18.2 Å². The van der Waals surface area contributed by atoms with Crippen LogP contribution in [0.25, 0.3) is 0 Å². The third-order valence-electron chi connectivity index (χ3n) is 6.14. The molecule has 1 aromatic rings. The summed E-state index contributed by atoms with van der Waals surface area (Å²) in [6, 6.07) is 9.58. The first-order chi connectivity index (χ1) is 10.2. The van der Waals surface area contributed by atoms with Crippen molar-refractivity contribution < 1.29 is 4.79 Å². The third kappa shape index (κ3) is 2.61. The average molecular weight is 283 g/mol. The van der Waals surface area contributed by atoms with E-state index in [-0.39, 0.29) is 5.91 Å². The normalized spacial score (nSPS) is 36.7. The Bertz CT molecular complexity index is 486. The molecule has 1 aromatic carbocycles. The van der Waals surface area contributed by atoms with Crippen molar-refractivity contribution in [1.82, 2.24) is 5.32 Å².